The second-order valence-electron chi connectivity index (χ2n) is 4.75. The van der Waals surface area contributed by atoms with Crippen molar-refractivity contribution in [2.45, 2.75) is 6.61 Å². The highest BCUT2D eigenvalue weighted by atomic mass is 16.5. The number of benzene rings is 1. The van der Waals surface area contributed by atoms with Crippen LogP contribution in [0.4, 0.5) is 0 Å². The predicted octanol–water partition coefficient (Wildman–Crippen LogP) is 2.20. The molecule has 1 heterocycles. The Morgan fingerprint density at radius 2 is 2.30 bits per heavy atom. The van der Waals surface area contributed by atoms with Gasteiger partial charge in [-0.05, 0) is 36.9 Å². The molecule has 0 saturated carbocycles. The van der Waals surface area contributed by atoms with Crippen LogP contribution in [0.15, 0.2) is 52.4 Å². The number of allylic oxidation sites excluding steroid dienone is 3. The molecule has 0 unspecified atom stereocenters. The van der Waals surface area contributed by atoms with Gasteiger partial charge in [0.2, 0.25) is 0 Å². The van der Waals surface area contributed by atoms with Crippen molar-refractivity contribution in [3.8, 4) is 11.8 Å². The first-order chi connectivity index (χ1) is 11.1. The lowest BCUT2D eigenvalue weighted by Crippen LogP contribution is -2.22. The number of nitrogens with zero attached hydrogens (tertiary/aromatic N) is 3. The van der Waals surface area contributed by atoms with Crippen molar-refractivity contribution in [1.82, 2.24) is 9.55 Å². The number of hydrogen-bond donors (Lipinski definition) is 0. The lowest BCUT2D eigenvalue weighted by Gasteiger charge is -2.08. The molecular weight excluding hydrogens is 290 g/mol. The van der Waals surface area contributed by atoms with Gasteiger partial charge in [-0.25, -0.2) is 4.98 Å². The summed E-state index contributed by atoms with van der Waals surface area (Å²) in [6, 6.07) is 5.28. The molecule has 5 nitrogen and oxygen atoms in total. The van der Waals surface area contributed by atoms with Crippen molar-refractivity contribution in [2.75, 3.05) is 7.11 Å². The number of aliphatic imine (C=N–C) groups is 1. The van der Waals surface area contributed by atoms with Crippen molar-refractivity contribution in [2.24, 2.45) is 12.0 Å². The molecule has 0 aliphatic rings. The molecular formula is C18H17N3O2. The van der Waals surface area contributed by atoms with Crippen molar-refractivity contribution >= 4 is 17.6 Å². The van der Waals surface area contributed by atoms with Crippen LogP contribution in [0.3, 0.4) is 0 Å². The first-order valence-corrected chi connectivity index (χ1v) is 6.90. The Morgan fingerprint density at radius 1 is 1.52 bits per heavy atom. The van der Waals surface area contributed by atoms with E-state index in [1.54, 1.807) is 44.5 Å². The summed E-state index contributed by atoms with van der Waals surface area (Å²) in [7, 11) is 3.24. The summed E-state index contributed by atoms with van der Waals surface area (Å²) >= 11 is 0. The van der Waals surface area contributed by atoms with Crippen LogP contribution >= 0.6 is 0 Å². The standard InChI is InChI=1S/C18H17N3O2/c1-5-6-14(19-2)9-7-13-8-10-15-16(11-13)20-17(12-23-4)21(3)18(15)22/h5-6,8,10-11H,1-2,12H2,3-4H3/b14-6-. The maximum Gasteiger partial charge on any atom is 0.261 e. The summed E-state index contributed by atoms with van der Waals surface area (Å²) in [6.45, 7) is 7.32. The molecule has 0 aliphatic heterocycles. The molecule has 23 heavy (non-hydrogen) atoms. The zero-order chi connectivity index (χ0) is 16.8. The van der Waals surface area contributed by atoms with Crippen LogP contribution in [-0.2, 0) is 18.4 Å². The Bertz CT molecular complexity index is 911. The van der Waals surface area contributed by atoms with Gasteiger partial charge in [-0.15, -0.1) is 0 Å². The van der Waals surface area contributed by atoms with E-state index in [-0.39, 0.29) is 12.2 Å². The molecule has 0 atom stereocenters. The van der Waals surface area contributed by atoms with E-state index in [0.717, 1.165) is 5.56 Å². The van der Waals surface area contributed by atoms with E-state index in [1.165, 1.54) is 4.57 Å². The number of methoxy groups -OCH3 is 1. The number of ether oxygens (including phenoxy) is 1. The zero-order valence-electron chi connectivity index (χ0n) is 13.2. The average molecular weight is 307 g/mol. The van der Waals surface area contributed by atoms with Gasteiger partial charge >= 0.3 is 0 Å². The molecule has 0 radical (unpaired) electrons. The molecule has 1 aromatic heterocycles. The molecule has 5 heteroatoms. The molecule has 0 aliphatic carbocycles. The number of fused-ring (bicyclic) bond motifs is 1. The fraction of sp³-hybridized carbons (Fsp3) is 0.167. The number of rotatable bonds is 4. The first kappa shape index (κ1) is 16.4. The Kier molecular flexibility index (Phi) is 5.23. The van der Waals surface area contributed by atoms with Gasteiger partial charge in [0.05, 0.1) is 10.9 Å². The largest absolute Gasteiger partial charge is 0.377 e. The van der Waals surface area contributed by atoms with Crippen LogP contribution in [0.25, 0.3) is 10.9 Å². The van der Waals surface area contributed by atoms with E-state index in [0.29, 0.717) is 22.4 Å². The van der Waals surface area contributed by atoms with Crippen LogP contribution in [-0.4, -0.2) is 23.4 Å². The molecule has 0 N–H and O–H groups in total. The summed E-state index contributed by atoms with van der Waals surface area (Å²) in [5.74, 6) is 6.44. The van der Waals surface area contributed by atoms with E-state index in [1.807, 2.05) is 0 Å². The smallest absolute Gasteiger partial charge is 0.261 e. The summed E-state index contributed by atoms with van der Waals surface area (Å²) < 4.78 is 6.57. The van der Waals surface area contributed by atoms with Gasteiger partial charge in [-0.1, -0.05) is 18.6 Å². The maximum absolute atomic E-state index is 12.3. The third-order valence-electron chi connectivity index (χ3n) is 3.22. The molecule has 2 rings (SSSR count). The number of aromatic nitrogens is 2. The van der Waals surface area contributed by atoms with Crippen molar-refractivity contribution in [1.29, 1.82) is 0 Å². The van der Waals surface area contributed by atoms with Gasteiger partial charge in [-0.2, -0.15) is 0 Å². The highest BCUT2D eigenvalue weighted by Crippen LogP contribution is 2.11. The van der Waals surface area contributed by atoms with Gasteiger partial charge in [0.15, 0.2) is 0 Å². The molecule has 0 spiro atoms. The molecule has 2 aromatic rings. The normalized spacial score (nSPS) is 11.0. The number of hydrogen-bond acceptors (Lipinski definition) is 4. The van der Waals surface area contributed by atoms with Gasteiger partial charge in [-0.3, -0.25) is 14.4 Å². The lowest BCUT2D eigenvalue weighted by atomic mass is 10.1. The third kappa shape index (κ3) is 3.62. The minimum absolute atomic E-state index is 0.110. The van der Waals surface area contributed by atoms with E-state index in [4.69, 9.17) is 4.74 Å². The van der Waals surface area contributed by atoms with E-state index < -0.39 is 0 Å². The summed E-state index contributed by atoms with van der Waals surface area (Å²) in [6.07, 6.45) is 3.27. The van der Waals surface area contributed by atoms with Gasteiger partial charge in [0.25, 0.3) is 5.56 Å². The third-order valence-corrected chi connectivity index (χ3v) is 3.22. The fourth-order valence-corrected chi connectivity index (χ4v) is 2.03. The van der Waals surface area contributed by atoms with Crippen LogP contribution in [0.1, 0.15) is 11.4 Å². The van der Waals surface area contributed by atoms with E-state index in [9.17, 15) is 4.79 Å². The van der Waals surface area contributed by atoms with Crippen molar-refractivity contribution in [3.05, 3.63) is 64.4 Å². The second kappa shape index (κ2) is 7.34. The molecule has 1 aromatic carbocycles. The SMILES string of the molecule is C=C/C=C(/C#Cc1ccc2c(=O)n(C)c(COC)nc2c1)N=C. The molecule has 0 fully saturated rings. The Morgan fingerprint density at radius 3 is 2.96 bits per heavy atom. The monoisotopic (exact) mass is 307 g/mol. The van der Waals surface area contributed by atoms with Crippen molar-refractivity contribution in [3.63, 3.8) is 0 Å². The maximum atomic E-state index is 12.3. The predicted molar refractivity (Wildman–Crippen MR) is 92.4 cm³/mol. The summed E-state index contributed by atoms with van der Waals surface area (Å²) in [5, 5.41) is 0.543. The topological polar surface area (TPSA) is 56.5 Å². The summed E-state index contributed by atoms with van der Waals surface area (Å²) in [4.78, 5) is 20.6. The zero-order valence-corrected chi connectivity index (χ0v) is 13.2. The molecule has 0 saturated heterocycles. The quantitative estimate of drug-likeness (QED) is 0.494. The minimum atomic E-state index is -0.110. The van der Waals surface area contributed by atoms with Crippen LogP contribution < -0.4 is 5.56 Å². The highest BCUT2D eigenvalue weighted by molar-refractivity contribution is 5.79. The molecule has 0 bridgehead atoms. The Balaban J connectivity index is 2.54. The minimum Gasteiger partial charge on any atom is -0.377 e. The molecule has 116 valence electrons. The Hall–Kier alpha value is -2.97. The first-order valence-electron chi connectivity index (χ1n) is 6.90. The van der Waals surface area contributed by atoms with E-state index in [2.05, 4.69) is 35.1 Å². The van der Waals surface area contributed by atoms with E-state index >= 15 is 0 Å². The average Bonchev–Trinajstić information content (AvgIpc) is 2.56. The van der Waals surface area contributed by atoms with Crippen molar-refractivity contribution < 1.29 is 4.74 Å². The lowest BCUT2D eigenvalue weighted by molar-refractivity contribution is 0.174. The highest BCUT2D eigenvalue weighted by Gasteiger charge is 2.08. The summed E-state index contributed by atoms with van der Waals surface area (Å²) in [5.41, 5.74) is 1.74. The van der Waals surface area contributed by atoms with Crippen LogP contribution in [0.5, 0.6) is 0 Å². The fourth-order valence-electron chi connectivity index (χ4n) is 2.03. The van der Waals surface area contributed by atoms with Gasteiger partial charge in [0, 0.05) is 19.7 Å². The second-order valence-corrected chi connectivity index (χ2v) is 4.75. The van der Waals surface area contributed by atoms with Gasteiger partial charge < -0.3 is 4.74 Å². The van der Waals surface area contributed by atoms with Crippen LogP contribution in [0.2, 0.25) is 0 Å². The molecule has 0 amide bonds. The van der Waals surface area contributed by atoms with Crippen LogP contribution in [0, 0.1) is 11.8 Å². The van der Waals surface area contributed by atoms with Gasteiger partial charge in [0.1, 0.15) is 18.1 Å². The Labute approximate surface area is 134 Å².